The van der Waals surface area contributed by atoms with Crippen LogP contribution in [0.15, 0.2) is 60.1 Å². The van der Waals surface area contributed by atoms with Crippen molar-refractivity contribution in [1.29, 1.82) is 0 Å². The zero-order valence-corrected chi connectivity index (χ0v) is 17.6. The number of thiazole rings is 1. The fourth-order valence-corrected chi connectivity index (χ4v) is 4.41. The van der Waals surface area contributed by atoms with Crippen LogP contribution in [0.2, 0.25) is 0 Å². The van der Waals surface area contributed by atoms with E-state index in [2.05, 4.69) is 38.9 Å². The lowest BCUT2D eigenvalue weighted by molar-refractivity contribution is 0.218. The first-order valence-corrected chi connectivity index (χ1v) is 10.9. The number of piperazine rings is 1. The predicted molar refractivity (Wildman–Crippen MR) is 121 cm³/mol. The Morgan fingerprint density at radius 1 is 1.13 bits per heavy atom. The number of para-hydroxylation sites is 1. The van der Waals surface area contributed by atoms with Gasteiger partial charge in [-0.25, -0.2) is 4.98 Å². The van der Waals surface area contributed by atoms with E-state index in [1.807, 2.05) is 35.7 Å². The fourth-order valence-electron chi connectivity index (χ4n) is 3.77. The van der Waals surface area contributed by atoms with E-state index in [1.54, 1.807) is 6.20 Å². The summed E-state index contributed by atoms with van der Waals surface area (Å²) in [5, 5.41) is 13.4. The third-order valence-corrected chi connectivity index (χ3v) is 6.08. The highest BCUT2D eigenvalue weighted by molar-refractivity contribution is 7.09. The molecule has 154 valence electrons. The molecule has 0 aliphatic carbocycles. The van der Waals surface area contributed by atoms with Crippen LogP contribution in [0.5, 0.6) is 5.75 Å². The summed E-state index contributed by atoms with van der Waals surface area (Å²) in [5.74, 6) is 3.31. The molecule has 1 aromatic heterocycles. The molecule has 0 amide bonds. The van der Waals surface area contributed by atoms with Crippen molar-refractivity contribution in [2.75, 3.05) is 37.7 Å². The Labute approximate surface area is 181 Å². The lowest BCUT2D eigenvalue weighted by Crippen LogP contribution is -2.46. The second-order valence-corrected chi connectivity index (χ2v) is 8.16. The average molecular weight is 420 g/mol. The molecule has 5 nitrogen and oxygen atoms in total. The Kier molecular flexibility index (Phi) is 6.65. The van der Waals surface area contributed by atoms with E-state index in [-0.39, 0.29) is 6.61 Å². The zero-order chi connectivity index (χ0) is 20.8. The van der Waals surface area contributed by atoms with Gasteiger partial charge < -0.3 is 14.7 Å². The van der Waals surface area contributed by atoms with Gasteiger partial charge in [-0.2, -0.15) is 0 Å². The summed E-state index contributed by atoms with van der Waals surface area (Å²) < 4.78 is 5.54. The van der Waals surface area contributed by atoms with E-state index in [0.29, 0.717) is 0 Å². The van der Waals surface area contributed by atoms with E-state index >= 15 is 0 Å². The van der Waals surface area contributed by atoms with E-state index < -0.39 is 6.10 Å². The average Bonchev–Trinajstić information content (AvgIpc) is 3.33. The molecule has 2 aromatic carbocycles. The van der Waals surface area contributed by atoms with Crippen LogP contribution in [0.1, 0.15) is 22.2 Å². The second-order valence-electron chi connectivity index (χ2n) is 7.24. The minimum Gasteiger partial charge on any atom is -0.481 e. The molecule has 1 fully saturated rings. The number of ether oxygens (including phenoxy) is 1. The lowest BCUT2D eigenvalue weighted by Gasteiger charge is -2.37. The standard InChI is InChI=1S/C24H25N3O2S/c1-2-15-29-20-7-5-6-19(17-20)18-26-11-13-27(14-12-26)22-9-4-3-8-21(22)23(28)24-25-10-16-30-24/h1,3-10,16-17,23,28H,11-15,18H2. The second kappa shape index (κ2) is 9.77. The number of rotatable bonds is 7. The van der Waals surface area contributed by atoms with Gasteiger partial charge >= 0.3 is 0 Å². The Hall–Kier alpha value is -2.85. The van der Waals surface area contributed by atoms with Gasteiger partial charge in [-0.15, -0.1) is 17.8 Å². The number of benzene rings is 2. The Morgan fingerprint density at radius 2 is 1.97 bits per heavy atom. The normalized spacial score (nSPS) is 15.5. The summed E-state index contributed by atoms with van der Waals surface area (Å²) >= 11 is 1.48. The third kappa shape index (κ3) is 4.82. The van der Waals surface area contributed by atoms with Gasteiger partial charge in [0, 0.05) is 55.6 Å². The van der Waals surface area contributed by atoms with Gasteiger partial charge in [-0.1, -0.05) is 36.3 Å². The summed E-state index contributed by atoms with van der Waals surface area (Å²) in [5.41, 5.74) is 3.22. The molecular formula is C24H25N3O2S. The van der Waals surface area contributed by atoms with Gasteiger partial charge in [-0.3, -0.25) is 4.90 Å². The van der Waals surface area contributed by atoms with Crippen molar-refractivity contribution in [3.8, 4) is 18.1 Å². The molecule has 30 heavy (non-hydrogen) atoms. The molecule has 1 saturated heterocycles. The van der Waals surface area contributed by atoms with Gasteiger partial charge in [0.2, 0.25) is 0 Å². The number of hydrogen-bond acceptors (Lipinski definition) is 6. The molecule has 1 N–H and O–H groups in total. The molecular weight excluding hydrogens is 394 g/mol. The van der Waals surface area contributed by atoms with E-state index in [4.69, 9.17) is 11.2 Å². The predicted octanol–water partition coefficient (Wildman–Crippen LogP) is 3.56. The highest BCUT2D eigenvalue weighted by atomic mass is 32.1. The van der Waals surface area contributed by atoms with Crippen LogP contribution in [0.4, 0.5) is 5.69 Å². The molecule has 1 atom stereocenters. The summed E-state index contributed by atoms with van der Waals surface area (Å²) in [6.07, 6.45) is 6.32. The van der Waals surface area contributed by atoms with Crippen molar-refractivity contribution < 1.29 is 9.84 Å². The molecule has 0 radical (unpaired) electrons. The molecule has 0 saturated carbocycles. The van der Waals surface area contributed by atoms with Crippen LogP contribution in [0, 0.1) is 12.3 Å². The molecule has 6 heteroatoms. The number of aliphatic hydroxyl groups excluding tert-OH is 1. The Morgan fingerprint density at radius 3 is 2.73 bits per heavy atom. The van der Waals surface area contributed by atoms with Crippen molar-refractivity contribution in [3.05, 3.63) is 76.2 Å². The number of nitrogens with zero attached hydrogens (tertiary/aromatic N) is 3. The third-order valence-electron chi connectivity index (χ3n) is 5.26. The summed E-state index contributed by atoms with van der Waals surface area (Å²) in [6.45, 7) is 4.90. The first-order chi connectivity index (χ1) is 14.7. The van der Waals surface area contributed by atoms with Crippen LogP contribution in [-0.2, 0) is 6.54 Å². The van der Waals surface area contributed by atoms with Gasteiger partial charge in [0.15, 0.2) is 0 Å². The Balaban J connectivity index is 1.39. The van der Waals surface area contributed by atoms with Gasteiger partial charge in [0.1, 0.15) is 23.5 Å². The van der Waals surface area contributed by atoms with E-state index in [1.165, 1.54) is 16.9 Å². The monoisotopic (exact) mass is 419 g/mol. The van der Waals surface area contributed by atoms with Gasteiger partial charge in [0.25, 0.3) is 0 Å². The molecule has 4 rings (SSSR count). The lowest BCUT2D eigenvalue weighted by atomic mass is 10.1. The number of terminal acetylenes is 1. The topological polar surface area (TPSA) is 48.8 Å². The fraction of sp³-hybridized carbons (Fsp3) is 0.292. The van der Waals surface area contributed by atoms with Crippen LogP contribution >= 0.6 is 11.3 Å². The number of aromatic nitrogens is 1. The van der Waals surface area contributed by atoms with Gasteiger partial charge in [0.05, 0.1) is 0 Å². The maximum atomic E-state index is 10.8. The summed E-state index contributed by atoms with van der Waals surface area (Å²) in [6, 6.07) is 16.2. The van der Waals surface area contributed by atoms with Crippen LogP contribution in [0.3, 0.4) is 0 Å². The number of aliphatic hydroxyl groups is 1. The van der Waals surface area contributed by atoms with Crippen molar-refractivity contribution in [2.24, 2.45) is 0 Å². The summed E-state index contributed by atoms with van der Waals surface area (Å²) in [4.78, 5) is 9.08. The summed E-state index contributed by atoms with van der Waals surface area (Å²) in [7, 11) is 0. The number of hydrogen-bond donors (Lipinski definition) is 1. The SMILES string of the molecule is C#CCOc1cccc(CN2CCN(c3ccccc3C(O)c3nccs3)CC2)c1. The maximum absolute atomic E-state index is 10.8. The van der Waals surface area contributed by atoms with Crippen molar-refractivity contribution in [3.63, 3.8) is 0 Å². The van der Waals surface area contributed by atoms with E-state index in [9.17, 15) is 5.11 Å². The quantitative estimate of drug-likeness (QED) is 0.594. The van der Waals surface area contributed by atoms with Crippen LogP contribution < -0.4 is 9.64 Å². The van der Waals surface area contributed by atoms with E-state index in [0.717, 1.165) is 54.7 Å². The molecule has 2 heterocycles. The maximum Gasteiger partial charge on any atom is 0.148 e. The molecule has 0 bridgehead atoms. The smallest absolute Gasteiger partial charge is 0.148 e. The van der Waals surface area contributed by atoms with Crippen molar-refractivity contribution >= 4 is 17.0 Å². The first kappa shape index (κ1) is 20.4. The molecule has 3 aromatic rings. The first-order valence-electron chi connectivity index (χ1n) is 10.0. The molecule has 1 unspecified atom stereocenters. The highest BCUT2D eigenvalue weighted by Gasteiger charge is 2.23. The van der Waals surface area contributed by atoms with Crippen molar-refractivity contribution in [2.45, 2.75) is 12.6 Å². The zero-order valence-electron chi connectivity index (χ0n) is 16.8. The minimum absolute atomic E-state index is 0.286. The van der Waals surface area contributed by atoms with Crippen molar-refractivity contribution in [1.82, 2.24) is 9.88 Å². The van der Waals surface area contributed by atoms with Crippen LogP contribution in [-0.4, -0.2) is 47.8 Å². The molecule has 0 spiro atoms. The van der Waals surface area contributed by atoms with Gasteiger partial charge in [-0.05, 0) is 23.8 Å². The highest BCUT2D eigenvalue weighted by Crippen LogP contribution is 2.32. The Bertz CT molecular complexity index is 992. The minimum atomic E-state index is -0.690. The van der Waals surface area contributed by atoms with Crippen LogP contribution in [0.25, 0.3) is 0 Å². The molecule has 1 aliphatic heterocycles. The molecule has 1 aliphatic rings. The number of anilines is 1. The largest absolute Gasteiger partial charge is 0.481 e.